The highest BCUT2D eigenvalue weighted by Crippen LogP contribution is 2.24. The Bertz CT molecular complexity index is 1170. The molecule has 1 aliphatic heterocycles. The summed E-state index contributed by atoms with van der Waals surface area (Å²) in [5.74, 6) is -0.539. The predicted molar refractivity (Wildman–Crippen MR) is 113 cm³/mol. The molecule has 7 nitrogen and oxygen atoms in total. The van der Waals surface area contributed by atoms with Crippen LogP contribution in [0.2, 0.25) is 0 Å². The van der Waals surface area contributed by atoms with E-state index in [0.29, 0.717) is 29.9 Å². The zero-order valence-corrected chi connectivity index (χ0v) is 16.6. The van der Waals surface area contributed by atoms with Crippen molar-refractivity contribution in [3.05, 3.63) is 76.9 Å². The van der Waals surface area contributed by atoms with Gasteiger partial charge in [-0.25, -0.2) is 4.98 Å². The van der Waals surface area contributed by atoms with E-state index in [1.165, 1.54) is 0 Å². The minimum Gasteiger partial charge on any atom is -0.323 e. The first kappa shape index (κ1) is 19.4. The number of nitrogens with zero attached hydrogens (tertiary/aromatic N) is 3. The number of nitrogens with one attached hydrogen (secondary N) is 2. The number of aromatic nitrogens is 2. The van der Waals surface area contributed by atoms with Crippen molar-refractivity contribution in [2.45, 2.75) is 32.7 Å². The van der Waals surface area contributed by atoms with E-state index in [9.17, 15) is 14.9 Å². The fraction of sp³-hybridized carbons (Fsp3) is 0.217. The normalized spacial score (nSPS) is 12.5. The molecule has 0 unspecified atom stereocenters. The van der Waals surface area contributed by atoms with Crippen LogP contribution < -0.4 is 10.6 Å². The summed E-state index contributed by atoms with van der Waals surface area (Å²) in [7, 11) is 0. The first-order chi connectivity index (χ1) is 14.6. The van der Waals surface area contributed by atoms with Crippen LogP contribution in [-0.4, -0.2) is 21.4 Å². The Kier molecular flexibility index (Phi) is 5.31. The fourth-order valence-corrected chi connectivity index (χ4v) is 3.68. The highest BCUT2D eigenvalue weighted by Gasteiger charge is 2.28. The summed E-state index contributed by atoms with van der Waals surface area (Å²) < 4.78 is 1.83. The van der Waals surface area contributed by atoms with Crippen LogP contribution in [0.3, 0.4) is 0 Å². The number of fused-ring (bicyclic) bond motifs is 1. The Balaban J connectivity index is 1.65. The SMILES string of the molecule is Cc1cccc(NC(=O)c2nc(C(=O)Nc3ccccc3C#N)c3n2CCCC3)c1. The molecule has 1 aromatic heterocycles. The van der Waals surface area contributed by atoms with Crippen molar-refractivity contribution < 1.29 is 9.59 Å². The third kappa shape index (κ3) is 3.80. The van der Waals surface area contributed by atoms with E-state index >= 15 is 0 Å². The van der Waals surface area contributed by atoms with Gasteiger partial charge in [0.15, 0.2) is 11.5 Å². The molecule has 2 N–H and O–H groups in total. The molecule has 150 valence electrons. The van der Waals surface area contributed by atoms with Crippen molar-refractivity contribution in [1.29, 1.82) is 5.26 Å². The lowest BCUT2D eigenvalue weighted by atomic mass is 10.1. The quantitative estimate of drug-likeness (QED) is 0.695. The van der Waals surface area contributed by atoms with Crippen LogP contribution in [0.5, 0.6) is 0 Å². The Morgan fingerprint density at radius 1 is 1.07 bits per heavy atom. The van der Waals surface area contributed by atoms with Gasteiger partial charge in [0.25, 0.3) is 11.8 Å². The van der Waals surface area contributed by atoms with Crippen molar-refractivity contribution in [1.82, 2.24) is 9.55 Å². The number of carbonyl (C=O) groups is 2. The molecule has 0 radical (unpaired) electrons. The van der Waals surface area contributed by atoms with Gasteiger partial charge in [-0.2, -0.15) is 5.26 Å². The fourth-order valence-electron chi connectivity index (χ4n) is 3.68. The van der Waals surface area contributed by atoms with E-state index in [0.717, 1.165) is 24.1 Å². The second kappa shape index (κ2) is 8.21. The Morgan fingerprint density at radius 3 is 2.70 bits per heavy atom. The van der Waals surface area contributed by atoms with Gasteiger partial charge in [0.1, 0.15) is 6.07 Å². The molecule has 7 heteroatoms. The number of benzene rings is 2. The lowest BCUT2D eigenvalue weighted by Crippen LogP contribution is -2.21. The number of nitriles is 1. The average Bonchev–Trinajstić information content (AvgIpc) is 3.14. The number of carbonyl (C=O) groups excluding carboxylic acids is 2. The van der Waals surface area contributed by atoms with Gasteiger partial charge in [-0.15, -0.1) is 0 Å². The molecule has 0 saturated heterocycles. The summed E-state index contributed by atoms with van der Waals surface area (Å²) in [4.78, 5) is 30.3. The van der Waals surface area contributed by atoms with E-state index in [2.05, 4.69) is 21.7 Å². The predicted octanol–water partition coefficient (Wildman–Crippen LogP) is 3.90. The smallest absolute Gasteiger partial charge is 0.291 e. The highest BCUT2D eigenvalue weighted by atomic mass is 16.2. The maximum Gasteiger partial charge on any atom is 0.291 e. The molecule has 2 amide bonds. The molecule has 30 heavy (non-hydrogen) atoms. The Labute approximate surface area is 174 Å². The van der Waals surface area contributed by atoms with Crippen LogP contribution in [0, 0.1) is 18.3 Å². The second-order valence-corrected chi connectivity index (χ2v) is 7.27. The molecule has 1 aliphatic rings. The number of para-hydroxylation sites is 1. The van der Waals surface area contributed by atoms with Crippen LogP contribution in [0.1, 0.15) is 50.8 Å². The molecule has 2 aromatic carbocycles. The van der Waals surface area contributed by atoms with Gasteiger partial charge in [-0.1, -0.05) is 24.3 Å². The number of imidazole rings is 1. The lowest BCUT2D eigenvalue weighted by Gasteiger charge is -2.17. The first-order valence-electron chi connectivity index (χ1n) is 9.84. The number of hydrogen-bond donors (Lipinski definition) is 2. The van der Waals surface area contributed by atoms with Crippen molar-refractivity contribution in [3.8, 4) is 6.07 Å². The van der Waals surface area contributed by atoms with Crippen LogP contribution in [0.15, 0.2) is 48.5 Å². The largest absolute Gasteiger partial charge is 0.323 e. The molecular formula is C23H21N5O2. The molecule has 0 aliphatic carbocycles. The van der Waals surface area contributed by atoms with Gasteiger partial charge >= 0.3 is 0 Å². The molecule has 0 fully saturated rings. The van der Waals surface area contributed by atoms with Gasteiger partial charge in [-0.3, -0.25) is 9.59 Å². The van der Waals surface area contributed by atoms with Crippen molar-refractivity contribution in [2.75, 3.05) is 10.6 Å². The minimum absolute atomic E-state index is 0.227. The summed E-state index contributed by atoms with van der Waals surface area (Å²) in [6.07, 6.45) is 2.53. The number of rotatable bonds is 4. The highest BCUT2D eigenvalue weighted by molar-refractivity contribution is 6.07. The van der Waals surface area contributed by atoms with Gasteiger partial charge in [0, 0.05) is 12.2 Å². The lowest BCUT2D eigenvalue weighted by molar-refractivity contribution is 0.101. The third-order valence-electron chi connectivity index (χ3n) is 5.11. The topological polar surface area (TPSA) is 99.8 Å². The van der Waals surface area contributed by atoms with Gasteiger partial charge in [-0.05, 0) is 56.0 Å². The van der Waals surface area contributed by atoms with Gasteiger partial charge in [0.2, 0.25) is 0 Å². The summed E-state index contributed by atoms with van der Waals surface area (Å²) >= 11 is 0. The zero-order chi connectivity index (χ0) is 21.1. The van der Waals surface area contributed by atoms with Crippen molar-refractivity contribution in [2.24, 2.45) is 0 Å². The van der Waals surface area contributed by atoms with Crippen molar-refractivity contribution >= 4 is 23.2 Å². The maximum atomic E-state index is 13.0. The zero-order valence-electron chi connectivity index (χ0n) is 16.6. The van der Waals surface area contributed by atoms with E-state index in [-0.39, 0.29) is 17.4 Å². The molecular weight excluding hydrogens is 378 g/mol. The third-order valence-corrected chi connectivity index (χ3v) is 5.11. The van der Waals surface area contributed by atoms with E-state index in [1.54, 1.807) is 24.3 Å². The van der Waals surface area contributed by atoms with Crippen LogP contribution in [-0.2, 0) is 13.0 Å². The standard InChI is InChI=1S/C23H21N5O2/c1-15-7-6-9-17(13-15)25-23(30)21-27-20(19-11-4-5-12-28(19)21)22(29)26-18-10-3-2-8-16(18)14-24/h2-3,6-10,13H,4-5,11-12H2,1H3,(H,25,30)(H,26,29). The molecule has 4 rings (SSSR count). The first-order valence-corrected chi connectivity index (χ1v) is 9.84. The summed E-state index contributed by atoms with van der Waals surface area (Å²) in [6.45, 7) is 2.59. The molecule has 0 spiro atoms. The van der Waals surface area contributed by atoms with E-state index < -0.39 is 5.91 Å². The molecule has 0 bridgehead atoms. The second-order valence-electron chi connectivity index (χ2n) is 7.27. The van der Waals surface area contributed by atoms with Gasteiger partial charge in [0.05, 0.1) is 16.9 Å². The Hall–Kier alpha value is -3.92. The number of aryl methyl sites for hydroxylation is 1. The van der Waals surface area contributed by atoms with Crippen LogP contribution >= 0.6 is 0 Å². The number of hydrogen-bond acceptors (Lipinski definition) is 4. The van der Waals surface area contributed by atoms with E-state index in [1.807, 2.05) is 35.8 Å². The number of anilines is 2. The molecule has 3 aromatic rings. The minimum atomic E-state index is -0.419. The van der Waals surface area contributed by atoms with Gasteiger partial charge < -0.3 is 15.2 Å². The summed E-state index contributed by atoms with van der Waals surface area (Å²) in [6, 6.07) is 16.4. The van der Waals surface area contributed by atoms with E-state index in [4.69, 9.17) is 0 Å². The van der Waals surface area contributed by atoms with Crippen LogP contribution in [0.4, 0.5) is 11.4 Å². The molecule has 2 heterocycles. The summed E-state index contributed by atoms with van der Waals surface area (Å²) in [5, 5.41) is 14.9. The van der Waals surface area contributed by atoms with Crippen LogP contribution in [0.25, 0.3) is 0 Å². The van der Waals surface area contributed by atoms with Crippen molar-refractivity contribution in [3.63, 3.8) is 0 Å². The molecule has 0 saturated carbocycles. The molecule has 0 atom stereocenters. The Morgan fingerprint density at radius 2 is 1.90 bits per heavy atom. The maximum absolute atomic E-state index is 13.0. The monoisotopic (exact) mass is 399 g/mol. The average molecular weight is 399 g/mol. The number of amides is 2. The summed E-state index contributed by atoms with van der Waals surface area (Å²) in [5.41, 5.74) is 3.50.